The van der Waals surface area contributed by atoms with Gasteiger partial charge in [-0.25, -0.2) is 0 Å². The molecule has 1 nitrogen and oxygen atoms in total. The lowest BCUT2D eigenvalue weighted by Gasteiger charge is -2.27. The Bertz CT molecular complexity index is 100. The fourth-order valence-corrected chi connectivity index (χ4v) is 3.51. The molecule has 11 heavy (non-hydrogen) atoms. The first-order valence-corrected chi connectivity index (χ1v) is 5.65. The first-order chi connectivity index (χ1) is 5.33. The number of nitrogens with two attached hydrogens (primary N) is 1. The molecule has 0 amide bonds. The summed E-state index contributed by atoms with van der Waals surface area (Å²) in [6.07, 6.45) is 6.89. The minimum Gasteiger partial charge on any atom is -0.330 e. The maximum absolute atomic E-state index is 5.61. The minimum absolute atomic E-state index is 0.587. The molecule has 0 atom stereocenters. The Kier molecular flexibility index (Phi) is 3.73. The van der Waals surface area contributed by atoms with E-state index in [-0.39, 0.29) is 0 Å². The topological polar surface area (TPSA) is 26.0 Å². The van der Waals surface area contributed by atoms with Crippen LogP contribution in [0.3, 0.4) is 0 Å². The van der Waals surface area contributed by atoms with Crippen molar-refractivity contribution in [1.29, 1.82) is 0 Å². The molecular formula is C9H19NS. The van der Waals surface area contributed by atoms with E-state index in [1.54, 1.807) is 0 Å². The highest BCUT2D eigenvalue weighted by molar-refractivity contribution is 8.00. The van der Waals surface area contributed by atoms with Crippen LogP contribution in [0.2, 0.25) is 0 Å². The molecule has 1 saturated carbocycles. The van der Waals surface area contributed by atoms with E-state index < -0.39 is 0 Å². The molecule has 0 radical (unpaired) electrons. The van der Waals surface area contributed by atoms with Gasteiger partial charge in [-0.2, -0.15) is 11.8 Å². The van der Waals surface area contributed by atoms with E-state index in [0.717, 1.165) is 6.54 Å². The van der Waals surface area contributed by atoms with Gasteiger partial charge in [0.05, 0.1) is 0 Å². The van der Waals surface area contributed by atoms with Crippen LogP contribution in [0.1, 0.15) is 39.0 Å². The van der Waals surface area contributed by atoms with Crippen molar-refractivity contribution in [3.63, 3.8) is 0 Å². The number of hydrogen-bond donors (Lipinski definition) is 1. The molecule has 66 valence electrons. The molecule has 0 unspecified atom stereocenters. The molecule has 0 aromatic rings. The Hall–Kier alpha value is 0.310. The zero-order valence-corrected chi connectivity index (χ0v) is 8.25. The molecule has 0 aliphatic heterocycles. The summed E-state index contributed by atoms with van der Waals surface area (Å²) in [5, 5.41) is 0. The van der Waals surface area contributed by atoms with Crippen LogP contribution in [0.25, 0.3) is 0 Å². The van der Waals surface area contributed by atoms with E-state index in [1.165, 1.54) is 37.9 Å². The van der Waals surface area contributed by atoms with Crippen molar-refractivity contribution in [2.75, 3.05) is 12.3 Å². The molecule has 0 aromatic heterocycles. The van der Waals surface area contributed by atoms with Crippen molar-refractivity contribution in [2.45, 2.75) is 43.8 Å². The normalized spacial score (nSPS) is 22.4. The molecule has 0 aromatic carbocycles. The van der Waals surface area contributed by atoms with E-state index >= 15 is 0 Å². The van der Waals surface area contributed by atoms with Gasteiger partial charge in [-0.1, -0.05) is 19.8 Å². The maximum atomic E-state index is 5.61. The summed E-state index contributed by atoms with van der Waals surface area (Å²) >= 11 is 2.13. The summed E-state index contributed by atoms with van der Waals surface area (Å²) in [5.74, 6) is 1.25. The molecule has 1 aliphatic carbocycles. The van der Waals surface area contributed by atoms with E-state index in [1.807, 2.05) is 0 Å². The average molecular weight is 173 g/mol. The lowest BCUT2D eigenvalue weighted by molar-refractivity contribution is 0.565. The molecule has 1 aliphatic rings. The van der Waals surface area contributed by atoms with Gasteiger partial charge in [0.1, 0.15) is 0 Å². The van der Waals surface area contributed by atoms with Gasteiger partial charge < -0.3 is 5.73 Å². The second-order valence-corrected chi connectivity index (χ2v) is 5.09. The second-order valence-electron chi connectivity index (χ2n) is 3.36. The van der Waals surface area contributed by atoms with Crippen LogP contribution < -0.4 is 5.73 Å². The lowest BCUT2D eigenvalue weighted by atomic mass is 10.0. The highest BCUT2D eigenvalue weighted by Gasteiger charge is 2.32. The predicted molar refractivity (Wildman–Crippen MR) is 53.0 cm³/mol. The lowest BCUT2D eigenvalue weighted by Crippen LogP contribution is -2.24. The Morgan fingerprint density at radius 3 is 2.45 bits per heavy atom. The minimum atomic E-state index is 0.587. The van der Waals surface area contributed by atoms with Crippen LogP contribution in [0.4, 0.5) is 0 Å². The predicted octanol–water partition coefficient (Wildman–Crippen LogP) is 2.40. The summed E-state index contributed by atoms with van der Waals surface area (Å²) in [5.41, 5.74) is 5.61. The monoisotopic (exact) mass is 173 g/mol. The fraction of sp³-hybridized carbons (Fsp3) is 1.00. The largest absolute Gasteiger partial charge is 0.330 e. The molecule has 0 saturated heterocycles. The third-order valence-corrected chi connectivity index (χ3v) is 4.08. The second kappa shape index (κ2) is 4.36. The Morgan fingerprint density at radius 2 is 2.00 bits per heavy atom. The van der Waals surface area contributed by atoms with E-state index in [4.69, 9.17) is 5.73 Å². The molecule has 0 bridgehead atoms. The van der Waals surface area contributed by atoms with Crippen molar-refractivity contribution in [1.82, 2.24) is 0 Å². The smallest absolute Gasteiger partial charge is 0.0172 e. The molecule has 0 heterocycles. The van der Waals surface area contributed by atoms with E-state index in [9.17, 15) is 0 Å². The highest BCUT2D eigenvalue weighted by atomic mass is 32.2. The van der Waals surface area contributed by atoms with E-state index in [2.05, 4.69) is 18.7 Å². The zero-order valence-electron chi connectivity index (χ0n) is 7.44. The highest BCUT2D eigenvalue weighted by Crippen LogP contribution is 2.43. The van der Waals surface area contributed by atoms with Crippen LogP contribution >= 0.6 is 11.8 Å². The standard InChI is InChI=1S/C9H19NS/c1-2-11-9(7-8-10)5-3-4-6-9/h2-8,10H2,1H3. The maximum Gasteiger partial charge on any atom is 0.0172 e. The van der Waals surface area contributed by atoms with Crippen LogP contribution in [0.15, 0.2) is 0 Å². The Morgan fingerprint density at radius 1 is 1.36 bits per heavy atom. The molecule has 2 N–H and O–H groups in total. The molecule has 1 fully saturated rings. The Balaban J connectivity index is 2.40. The number of thioether (sulfide) groups is 1. The number of hydrogen-bond acceptors (Lipinski definition) is 2. The summed E-state index contributed by atoms with van der Waals surface area (Å²) in [6, 6.07) is 0. The van der Waals surface area contributed by atoms with Gasteiger partial charge in [0.25, 0.3) is 0 Å². The van der Waals surface area contributed by atoms with Crippen molar-refractivity contribution in [2.24, 2.45) is 5.73 Å². The average Bonchev–Trinajstić information content (AvgIpc) is 2.39. The van der Waals surface area contributed by atoms with Crippen LogP contribution in [0, 0.1) is 0 Å². The third kappa shape index (κ3) is 2.38. The van der Waals surface area contributed by atoms with Crippen LogP contribution in [-0.4, -0.2) is 17.0 Å². The van der Waals surface area contributed by atoms with Gasteiger partial charge in [0.15, 0.2) is 0 Å². The zero-order chi connectivity index (χ0) is 8.16. The van der Waals surface area contributed by atoms with Crippen LogP contribution in [-0.2, 0) is 0 Å². The van der Waals surface area contributed by atoms with Gasteiger partial charge in [0, 0.05) is 4.75 Å². The van der Waals surface area contributed by atoms with Gasteiger partial charge in [-0.3, -0.25) is 0 Å². The molecule has 2 heteroatoms. The fourth-order valence-electron chi connectivity index (χ4n) is 2.06. The third-order valence-electron chi connectivity index (χ3n) is 2.57. The first kappa shape index (κ1) is 9.40. The summed E-state index contributed by atoms with van der Waals surface area (Å²) in [7, 11) is 0. The van der Waals surface area contributed by atoms with Gasteiger partial charge in [-0.05, 0) is 31.6 Å². The molecular weight excluding hydrogens is 154 g/mol. The van der Waals surface area contributed by atoms with Crippen molar-refractivity contribution in [3.8, 4) is 0 Å². The van der Waals surface area contributed by atoms with Crippen molar-refractivity contribution in [3.05, 3.63) is 0 Å². The van der Waals surface area contributed by atoms with Gasteiger partial charge >= 0.3 is 0 Å². The SMILES string of the molecule is CCSC1(CCN)CCCC1. The summed E-state index contributed by atoms with van der Waals surface area (Å²) in [4.78, 5) is 0. The summed E-state index contributed by atoms with van der Waals surface area (Å²) in [6.45, 7) is 3.12. The van der Waals surface area contributed by atoms with Gasteiger partial charge in [0.2, 0.25) is 0 Å². The van der Waals surface area contributed by atoms with Gasteiger partial charge in [-0.15, -0.1) is 0 Å². The molecule has 1 rings (SSSR count). The van der Waals surface area contributed by atoms with E-state index in [0.29, 0.717) is 4.75 Å². The number of rotatable bonds is 4. The van der Waals surface area contributed by atoms with Crippen LogP contribution in [0.5, 0.6) is 0 Å². The first-order valence-electron chi connectivity index (χ1n) is 4.67. The van der Waals surface area contributed by atoms with Crippen molar-refractivity contribution < 1.29 is 0 Å². The quantitative estimate of drug-likeness (QED) is 0.706. The van der Waals surface area contributed by atoms with Crippen molar-refractivity contribution >= 4 is 11.8 Å². The molecule has 0 spiro atoms. The Labute approximate surface area is 74.1 Å². The summed E-state index contributed by atoms with van der Waals surface area (Å²) < 4.78 is 0.587.